The van der Waals surface area contributed by atoms with E-state index in [1.165, 1.54) is 24.5 Å². The molecule has 4 rings (SSSR count). The Morgan fingerprint density at radius 2 is 2.04 bits per heavy atom. The molecule has 0 aliphatic carbocycles. The predicted octanol–water partition coefficient (Wildman–Crippen LogP) is 4.30. The van der Waals surface area contributed by atoms with Crippen LogP contribution >= 0.6 is 23.2 Å². The second-order valence-electron chi connectivity index (χ2n) is 5.68. The summed E-state index contributed by atoms with van der Waals surface area (Å²) in [5.41, 5.74) is 0.627. The molecule has 2 N–H and O–H groups in total. The molecule has 0 amide bonds. The lowest BCUT2D eigenvalue weighted by molar-refractivity contribution is -0.0803. The Bertz CT molecular complexity index is 999. The van der Waals surface area contributed by atoms with Gasteiger partial charge in [0, 0.05) is 11.5 Å². The smallest absolute Gasteiger partial charge is 0.166 e. The van der Waals surface area contributed by atoms with Crippen LogP contribution in [0.4, 0.5) is 15.9 Å². The van der Waals surface area contributed by atoms with E-state index in [9.17, 15) is 9.50 Å². The number of phenols is 1. The first-order valence-corrected chi connectivity index (χ1v) is 8.41. The molecule has 26 heavy (non-hydrogen) atoms. The van der Waals surface area contributed by atoms with Gasteiger partial charge in [0.2, 0.25) is 0 Å². The summed E-state index contributed by atoms with van der Waals surface area (Å²) in [4.78, 5) is 8.29. The molecule has 0 atom stereocenters. The van der Waals surface area contributed by atoms with Gasteiger partial charge in [-0.2, -0.15) is 0 Å². The third kappa shape index (κ3) is 3.09. The van der Waals surface area contributed by atoms with Crippen LogP contribution < -0.4 is 10.1 Å². The maximum Gasteiger partial charge on any atom is 0.166 e. The molecule has 0 spiro atoms. The predicted molar refractivity (Wildman–Crippen MR) is 96.1 cm³/mol. The molecule has 6 nitrogen and oxygen atoms in total. The third-order valence-electron chi connectivity index (χ3n) is 3.91. The number of nitrogens with zero attached hydrogens (tertiary/aromatic N) is 2. The number of phenolic OH excluding ortho intramolecular Hbond substituents is 1. The molecule has 1 aliphatic heterocycles. The Hall–Kier alpha value is -2.35. The van der Waals surface area contributed by atoms with Crippen molar-refractivity contribution in [2.24, 2.45) is 0 Å². The van der Waals surface area contributed by atoms with Gasteiger partial charge in [0.15, 0.2) is 17.3 Å². The Morgan fingerprint density at radius 3 is 2.77 bits per heavy atom. The fraction of sp³-hybridized carbons (Fsp3) is 0.176. The van der Waals surface area contributed by atoms with E-state index >= 15 is 0 Å². The van der Waals surface area contributed by atoms with Crippen molar-refractivity contribution in [3.8, 4) is 11.5 Å². The first-order chi connectivity index (χ1) is 12.5. The minimum atomic E-state index is -0.694. The normalized spacial score (nSPS) is 14.3. The van der Waals surface area contributed by atoms with E-state index in [1.54, 1.807) is 6.07 Å². The van der Waals surface area contributed by atoms with E-state index in [0.29, 0.717) is 35.7 Å². The van der Waals surface area contributed by atoms with Crippen molar-refractivity contribution in [1.29, 1.82) is 0 Å². The number of hydrogen-bond donors (Lipinski definition) is 2. The van der Waals surface area contributed by atoms with Gasteiger partial charge in [-0.25, -0.2) is 14.4 Å². The lowest BCUT2D eigenvalue weighted by Gasteiger charge is -2.27. The first kappa shape index (κ1) is 17.1. The number of aromatic nitrogens is 2. The SMILES string of the molecule is Oc1cc2c(Nc3ccc(Cl)c(Cl)c3F)ncnc2cc1OC1COC1. The fourth-order valence-electron chi connectivity index (χ4n) is 2.48. The Morgan fingerprint density at radius 1 is 1.23 bits per heavy atom. The Balaban J connectivity index is 1.71. The van der Waals surface area contributed by atoms with Crippen molar-refractivity contribution in [3.05, 3.63) is 46.5 Å². The van der Waals surface area contributed by atoms with E-state index < -0.39 is 5.82 Å². The summed E-state index contributed by atoms with van der Waals surface area (Å²) in [6, 6.07) is 5.98. The van der Waals surface area contributed by atoms with Crippen LogP contribution in [0.3, 0.4) is 0 Å². The fourth-order valence-corrected chi connectivity index (χ4v) is 2.79. The highest BCUT2D eigenvalue weighted by molar-refractivity contribution is 6.42. The van der Waals surface area contributed by atoms with E-state index in [0.717, 1.165) is 0 Å². The number of anilines is 2. The monoisotopic (exact) mass is 395 g/mol. The molecule has 2 heterocycles. The van der Waals surface area contributed by atoms with Crippen LogP contribution in [0.25, 0.3) is 10.9 Å². The molecule has 1 aliphatic rings. The first-order valence-electron chi connectivity index (χ1n) is 7.65. The summed E-state index contributed by atoms with van der Waals surface area (Å²) in [5.74, 6) is -0.158. The van der Waals surface area contributed by atoms with Crippen molar-refractivity contribution in [3.63, 3.8) is 0 Å². The summed E-state index contributed by atoms with van der Waals surface area (Å²) < 4.78 is 25.0. The summed E-state index contributed by atoms with van der Waals surface area (Å²) in [6.45, 7) is 0.954. The molecule has 3 aromatic rings. The van der Waals surface area contributed by atoms with Crippen molar-refractivity contribution >= 4 is 45.6 Å². The number of benzene rings is 2. The Labute approximate surface area is 157 Å². The maximum absolute atomic E-state index is 14.3. The van der Waals surface area contributed by atoms with Gasteiger partial charge >= 0.3 is 0 Å². The molecule has 1 saturated heterocycles. The average Bonchev–Trinajstić information content (AvgIpc) is 2.59. The van der Waals surface area contributed by atoms with Crippen molar-refractivity contribution in [1.82, 2.24) is 9.97 Å². The van der Waals surface area contributed by atoms with Crippen LogP contribution in [-0.4, -0.2) is 34.4 Å². The number of ether oxygens (including phenoxy) is 2. The van der Waals surface area contributed by atoms with E-state index in [2.05, 4.69) is 15.3 Å². The molecule has 9 heteroatoms. The number of rotatable bonds is 4. The van der Waals surface area contributed by atoms with Gasteiger partial charge in [0.25, 0.3) is 0 Å². The van der Waals surface area contributed by atoms with Crippen molar-refractivity contribution < 1.29 is 19.0 Å². The number of fused-ring (bicyclic) bond motifs is 1. The van der Waals surface area contributed by atoms with Crippen LogP contribution in [0.15, 0.2) is 30.6 Å². The topological polar surface area (TPSA) is 76.5 Å². The molecule has 0 saturated carbocycles. The molecule has 0 unspecified atom stereocenters. The number of aromatic hydroxyl groups is 1. The van der Waals surface area contributed by atoms with Gasteiger partial charge in [-0.1, -0.05) is 23.2 Å². The van der Waals surface area contributed by atoms with Crippen LogP contribution in [0, 0.1) is 5.82 Å². The lowest BCUT2D eigenvalue weighted by atomic mass is 10.2. The molecule has 2 aromatic carbocycles. The molecule has 1 fully saturated rings. The minimum Gasteiger partial charge on any atom is -0.504 e. The minimum absolute atomic E-state index is 0.0724. The highest BCUT2D eigenvalue weighted by atomic mass is 35.5. The number of hydrogen-bond acceptors (Lipinski definition) is 6. The number of nitrogens with one attached hydrogen (secondary N) is 1. The molecule has 1 aromatic heterocycles. The van der Waals surface area contributed by atoms with E-state index in [1.807, 2.05) is 0 Å². The molecular weight excluding hydrogens is 384 g/mol. The zero-order chi connectivity index (χ0) is 18.3. The second kappa shape index (κ2) is 6.75. The zero-order valence-corrected chi connectivity index (χ0v) is 14.7. The third-order valence-corrected chi connectivity index (χ3v) is 4.69. The summed E-state index contributed by atoms with van der Waals surface area (Å²) >= 11 is 11.6. The van der Waals surface area contributed by atoms with E-state index in [4.69, 9.17) is 32.7 Å². The summed E-state index contributed by atoms with van der Waals surface area (Å²) in [7, 11) is 0. The van der Waals surface area contributed by atoms with Gasteiger partial charge in [-0.15, -0.1) is 0 Å². The molecule has 0 bridgehead atoms. The van der Waals surface area contributed by atoms with Crippen LogP contribution in [0.5, 0.6) is 11.5 Å². The molecular formula is C17H12Cl2FN3O3. The number of halogens is 3. The molecule has 0 radical (unpaired) electrons. The maximum atomic E-state index is 14.3. The summed E-state index contributed by atoms with van der Waals surface area (Å²) in [5, 5.41) is 13.5. The highest BCUT2D eigenvalue weighted by Crippen LogP contribution is 2.36. The van der Waals surface area contributed by atoms with E-state index in [-0.39, 0.29) is 27.6 Å². The van der Waals surface area contributed by atoms with Crippen molar-refractivity contribution in [2.45, 2.75) is 6.10 Å². The summed E-state index contributed by atoms with van der Waals surface area (Å²) in [6.07, 6.45) is 1.23. The van der Waals surface area contributed by atoms with Crippen molar-refractivity contribution in [2.75, 3.05) is 18.5 Å². The van der Waals surface area contributed by atoms with Crippen LogP contribution in [-0.2, 0) is 4.74 Å². The molecule has 134 valence electrons. The average molecular weight is 396 g/mol. The standard InChI is InChI=1S/C17H12Cl2FN3O3/c18-10-1-2-11(16(20)15(10)19)23-17-9-3-13(24)14(26-8-5-25-6-8)4-12(9)21-7-22-17/h1-4,7-8,24H,5-6H2,(H,21,22,23). The lowest BCUT2D eigenvalue weighted by Crippen LogP contribution is -2.38. The quantitative estimate of drug-likeness (QED) is 0.641. The van der Waals surface area contributed by atoms with Crippen LogP contribution in [0.2, 0.25) is 10.0 Å². The van der Waals surface area contributed by atoms with Gasteiger partial charge in [-0.3, -0.25) is 0 Å². The zero-order valence-electron chi connectivity index (χ0n) is 13.2. The second-order valence-corrected chi connectivity index (χ2v) is 6.47. The van der Waals surface area contributed by atoms with Crippen LogP contribution in [0.1, 0.15) is 0 Å². The highest BCUT2D eigenvalue weighted by Gasteiger charge is 2.22. The Kier molecular flexibility index (Phi) is 4.44. The van der Waals surface area contributed by atoms with Gasteiger partial charge in [-0.05, 0) is 18.2 Å². The van der Waals surface area contributed by atoms with Gasteiger partial charge in [0.1, 0.15) is 18.2 Å². The van der Waals surface area contributed by atoms with Gasteiger partial charge < -0.3 is 19.9 Å². The van der Waals surface area contributed by atoms with Gasteiger partial charge in [0.05, 0.1) is 34.5 Å². The largest absolute Gasteiger partial charge is 0.504 e.